The zero-order valence-electron chi connectivity index (χ0n) is 12.6. The van der Waals surface area contributed by atoms with E-state index in [2.05, 4.69) is 4.90 Å². The lowest BCUT2D eigenvalue weighted by molar-refractivity contribution is 0.172. The lowest BCUT2D eigenvalue weighted by Gasteiger charge is -2.24. The second-order valence-electron chi connectivity index (χ2n) is 5.98. The summed E-state index contributed by atoms with van der Waals surface area (Å²) in [5.74, 6) is -1.73. The maximum absolute atomic E-state index is 13.5. The highest BCUT2D eigenvalue weighted by molar-refractivity contribution is 5.25. The summed E-state index contributed by atoms with van der Waals surface area (Å²) in [7, 11) is 0. The number of halogens is 2. The van der Waals surface area contributed by atoms with Crippen LogP contribution in [0, 0.1) is 11.6 Å². The first kappa shape index (κ1) is 16.1. The Balaban J connectivity index is 1.79. The highest BCUT2D eigenvalue weighted by Crippen LogP contribution is 2.34. The molecule has 1 aliphatic rings. The summed E-state index contributed by atoms with van der Waals surface area (Å²) in [4.78, 5) is 2.06. The second kappa shape index (κ2) is 6.74. The Hall–Kier alpha value is -1.82. The van der Waals surface area contributed by atoms with Crippen molar-refractivity contribution in [2.45, 2.75) is 31.7 Å². The highest BCUT2D eigenvalue weighted by atomic mass is 19.2. The van der Waals surface area contributed by atoms with E-state index in [4.69, 9.17) is 5.11 Å². The number of rotatable bonds is 4. The first-order valence-corrected chi connectivity index (χ1v) is 7.62. The van der Waals surface area contributed by atoms with Gasteiger partial charge in [-0.2, -0.15) is 0 Å². The maximum atomic E-state index is 13.5. The molecule has 3 rings (SSSR count). The molecular weight excluding hydrogens is 300 g/mol. The number of hydrogen-bond acceptors (Lipinski definition) is 3. The molecule has 2 aromatic carbocycles. The van der Waals surface area contributed by atoms with Gasteiger partial charge in [-0.15, -0.1) is 0 Å². The predicted molar refractivity (Wildman–Crippen MR) is 82.5 cm³/mol. The van der Waals surface area contributed by atoms with E-state index in [-0.39, 0.29) is 12.6 Å². The molecule has 0 saturated carbocycles. The van der Waals surface area contributed by atoms with Crippen LogP contribution in [0.4, 0.5) is 8.78 Å². The minimum Gasteiger partial charge on any atom is -0.392 e. The van der Waals surface area contributed by atoms with Crippen molar-refractivity contribution in [1.29, 1.82) is 0 Å². The standard InChI is InChI=1S/C18H19F2NO2/c19-16-6-5-14(7-17(16)20)18-8-15(23)10-21(18)9-12-1-3-13(11-22)4-2-12/h1-7,15,18,22-23H,8-11H2. The molecule has 3 nitrogen and oxygen atoms in total. The smallest absolute Gasteiger partial charge is 0.159 e. The molecule has 122 valence electrons. The summed E-state index contributed by atoms with van der Waals surface area (Å²) >= 11 is 0. The molecule has 0 spiro atoms. The molecule has 2 aromatic rings. The van der Waals surface area contributed by atoms with Crippen LogP contribution in [0.2, 0.25) is 0 Å². The summed E-state index contributed by atoms with van der Waals surface area (Å²) in [5, 5.41) is 19.0. The van der Waals surface area contributed by atoms with Gasteiger partial charge in [-0.3, -0.25) is 4.90 Å². The van der Waals surface area contributed by atoms with Gasteiger partial charge < -0.3 is 10.2 Å². The van der Waals surface area contributed by atoms with Gasteiger partial charge in [0.05, 0.1) is 12.7 Å². The van der Waals surface area contributed by atoms with Crippen LogP contribution in [-0.2, 0) is 13.2 Å². The van der Waals surface area contributed by atoms with Crippen molar-refractivity contribution in [3.8, 4) is 0 Å². The molecule has 1 aliphatic heterocycles. The lowest BCUT2D eigenvalue weighted by atomic mass is 10.0. The van der Waals surface area contributed by atoms with E-state index >= 15 is 0 Å². The third kappa shape index (κ3) is 3.58. The van der Waals surface area contributed by atoms with E-state index < -0.39 is 17.7 Å². The molecule has 23 heavy (non-hydrogen) atoms. The fourth-order valence-electron chi connectivity index (χ4n) is 3.11. The van der Waals surface area contributed by atoms with Gasteiger partial charge in [0, 0.05) is 19.1 Å². The van der Waals surface area contributed by atoms with E-state index in [1.807, 2.05) is 24.3 Å². The first-order valence-electron chi connectivity index (χ1n) is 7.62. The SMILES string of the molecule is OCc1ccc(CN2CC(O)CC2c2ccc(F)c(F)c2)cc1. The quantitative estimate of drug-likeness (QED) is 0.911. The fourth-order valence-corrected chi connectivity index (χ4v) is 3.11. The van der Waals surface area contributed by atoms with Gasteiger partial charge in [0.25, 0.3) is 0 Å². The molecule has 2 atom stereocenters. The molecule has 2 N–H and O–H groups in total. The van der Waals surface area contributed by atoms with Crippen molar-refractivity contribution in [2.24, 2.45) is 0 Å². The number of aliphatic hydroxyl groups excluding tert-OH is 2. The van der Waals surface area contributed by atoms with Crippen LogP contribution < -0.4 is 0 Å². The number of aliphatic hydroxyl groups is 2. The molecule has 0 bridgehead atoms. The molecule has 0 radical (unpaired) electrons. The predicted octanol–water partition coefficient (Wildman–Crippen LogP) is 2.77. The fraction of sp³-hybridized carbons (Fsp3) is 0.333. The summed E-state index contributed by atoms with van der Waals surface area (Å²) in [6.07, 6.45) is 0.0182. The second-order valence-corrected chi connectivity index (χ2v) is 5.98. The summed E-state index contributed by atoms with van der Waals surface area (Å²) in [5.41, 5.74) is 2.56. The van der Waals surface area contributed by atoms with E-state index in [9.17, 15) is 13.9 Å². The number of hydrogen-bond donors (Lipinski definition) is 2. The molecule has 1 fully saturated rings. The Morgan fingerprint density at radius 2 is 1.70 bits per heavy atom. The Bertz CT molecular complexity index is 675. The number of likely N-dealkylation sites (tertiary alicyclic amines) is 1. The lowest BCUT2D eigenvalue weighted by Crippen LogP contribution is -2.24. The molecule has 0 amide bonds. The van der Waals surface area contributed by atoms with Gasteiger partial charge >= 0.3 is 0 Å². The van der Waals surface area contributed by atoms with Crippen LogP contribution in [0.15, 0.2) is 42.5 Å². The van der Waals surface area contributed by atoms with Crippen molar-refractivity contribution >= 4 is 0 Å². The average Bonchev–Trinajstić information content (AvgIpc) is 2.91. The van der Waals surface area contributed by atoms with Crippen molar-refractivity contribution in [3.05, 3.63) is 70.8 Å². The molecule has 5 heteroatoms. The molecular formula is C18H19F2NO2. The zero-order valence-corrected chi connectivity index (χ0v) is 12.6. The van der Waals surface area contributed by atoms with Crippen LogP contribution in [-0.4, -0.2) is 27.8 Å². The molecule has 0 aliphatic carbocycles. The third-order valence-electron chi connectivity index (χ3n) is 4.30. The van der Waals surface area contributed by atoms with Crippen LogP contribution >= 0.6 is 0 Å². The van der Waals surface area contributed by atoms with E-state index in [0.717, 1.165) is 17.2 Å². The van der Waals surface area contributed by atoms with Crippen molar-refractivity contribution in [3.63, 3.8) is 0 Å². The van der Waals surface area contributed by atoms with Crippen LogP contribution in [0.3, 0.4) is 0 Å². The number of β-amino-alcohol motifs (C(OH)–C–C–N with tert-alkyl or cyclic N) is 1. The summed E-state index contributed by atoms with van der Waals surface area (Å²) in [6.45, 7) is 1.10. The average molecular weight is 319 g/mol. The number of benzene rings is 2. The minimum atomic E-state index is -0.865. The van der Waals surface area contributed by atoms with Crippen LogP contribution in [0.1, 0.15) is 29.2 Å². The van der Waals surface area contributed by atoms with E-state index in [1.165, 1.54) is 6.07 Å². The van der Waals surface area contributed by atoms with E-state index in [1.54, 1.807) is 6.07 Å². The highest BCUT2D eigenvalue weighted by Gasteiger charge is 2.32. The normalized spacial score (nSPS) is 21.7. The van der Waals surface area contributed by atoms with Gasteiger partial charge in [-0.25, -0.2) is 8.78 Å². The molecule has 1 saturated heterocycles. The maximum Gasteiger partial charge on any atom is 0.159 e. The van der Waals surface area contributed by atoms with Crippen molar-refractivity contribution in [2.75, 3.05) is 6.54 Å². The monoisotopic (exact) mass is 319 g/mol. The summed E-state index contributed by atoms with van der Waals surface area (Å²) in [6, 6.07) is 11.3. The van der Waals surface area contributed by atoms with E-state index in [0.29, 0.717) is 25.1 Å². The Morgan fingerprint density at radius 3 is 2.35 bits per heavy atom. The summed E-state index contributed by atoms with van der Waals surface area (Å²) < 4.78 is 26.6. The van der Waals surface area contributed by atoms with Crippen molar-refractivity contribution < 1.29 is 19.0 Å². The Labute approximate surface area is 133 Å². The van der Waals surface area contributed by atoms with Gasteiger partial charge in [0.1, 0.15) is 0 Å². The zero-order chi connectivity index (χ0) is 16.4. The van der Waals surface area contributed by atoms with Gasteiger partial charge in [0.2, 0.25) is 0 Å². The minimum absolute atomic E-state index is 0.000188. The van der Waals surface area contributed by atoms with Crippen LogP contribution in [0.5, 0.6) is 0 Å². The third-order valence-corrected chi connectivity index (χ3v) is 4.30. The van der Waals surface area contributed by atoms with Gasteiger partial charge in [-0.05, 0) is 35.2 Å². The largest absolute Gasteiger partial charge is 0.392 e. The van der Waals surface area contributed by atoms with Gasteiger partial charge in [-0.1, -0.05) is 30.3 Å². The molecule has 0 aromatic heterocycles. The topological polar surface area (TPSA) is 43.7 Å². The number of nitrogens with zero attached hydrogens (tertiary/aromatic N) is 1. The van der Waals surface area contributed by atoms with Crippen molar-refractivity contribution in [1.82, 2.24) is 4.90 Å². The van der Waals surface area contributed by atoms with Crippen LogP contribution in [0.25, 0.3) is 0 Å². The Kier molecular flexibility index (Phi) is 4.71. The molecule has 2 unspecified atom stereocenters. The van der Waals surface area contributed by atoms with Gasteiger partial charge in [0.15, 0.2) is 11.6 Å². The first-order chi connectivity index (χ1) is 11.1. The Morgan fingerprint density at radius 1 is 1.00 bits per heavy atom. The molecule has 1 heterocycles.